The highest BCUT2D eigenvalue weighted by molar-refractivity contribution is 7.89. The summed E-state index contributed by atoms with van der Waals surface area (Å²) in [6.45, 7) is 0. The van der Waals surface area contributed by atoms with Gasteiger partial charge in [-0.2, -0.15) is 0 Å². The van der Waals surface area contributed by atoms with Crippen LogP contribution in [-0.2, 0) is 16.4 Å². The average Bonchev–Trinajstić information content (AvgIpc) is 3.44. The van der Waals surface area contributed by atoms with Crippen LogP contribution in [0, 0.1) is 0 Å². The Morgan fingerprint density at radius 2 is 1.59 bits per heavy atom. The average molecular weight is 404 g/mol. The normalized spacial score (nSPS) is 14.9. The van der Waals surface area contributed by atoms with Gasteiger partial charge in [0, 0.05) is 17.3 Å². The zero-order valence-electron chi connectivity index (χ0n) is 15.7. The van der Waals surface area contributed by atoms with E-state index in [1.165, 1.54) is 34.4 Å². The van der Waals surface area contributed by atoms with Gasteiger partial charge in [0.15, 0.2) is 0 Å². The van der Waals surface area contributed by atoms with E-state index in [0.717, 1.165) is 24.9 Å². The van der Waals surface area contributed by atoms with Crippen molar-refractivity contribution in [1.29, 1.82) is 0 Å². The number of nitrogens with one attached hydrogen (secondary N) is 2. The summed E-state index contributed by atoms with van der Waals surface area (Å²) >= 11 is 0. The molecule has 146 valence electrons. The van der Waals surface area contributed by atoms with Crippen LogP contribution in [0.5, 0.6) is 0 Å². The number of hydrogen-bond acceptors (Lipinski definition) is 3. The lowest BCUT2D eigenvalue weighted by Gasteiger charge is -2.09. The number of fused-ring (bicyclic) bond motifs is 3. The fourth-order valence-electron chi connectivity index (χ4n) is 3.70. The van der Waals surface area contributed by atoms with E-state index in [0.29, 0.717) is 5.56 Å². The van der Waals surface area contributed by atoms with E-state index in [1.54, 1.807) is 12.1 Å². The molecule has 2 N–H and O–H groups in total. The number of rotatable bonds is 5. The van der Waals surface area contributed by atoms with Gasteiger partial charge in [0.2, 0.25) is 10.0 Å². The monoisotopic (exact) mass is 404 g/mol. The second-order valence-electron chi connectivity index (χ2n) is 7.58. The number of hydrogen-bond donors (Lipinski definition) is 2. The summed E-state index contributed by atoms with van der Waals surface area (Å²) in [6.07, 6.45) is 2.62. The third kappa shape index (κ3) is 3.57. The lowest BCUT2D eigenvalue weighted by Crippen LogP contribution is -2.25. The third-order valence-corrected chi connectivity index (χ3v) is 6.91. The van der Waals surface area contributed by atoms with Crippen molar-refractivity contribution in [2.24, 2.45) is 0 Å². The SMILES string of the molecule is O=C(Nc1ccc2c(c1)Cc1ccccc1-2)c1ccc(S(=O)(=O)NC2CC2)cc1. The molecule has 0 saturated heterocycles. The van der Waals surface area contributed by atoms with Crippen LogP contribution in [0.3, 0.4) is 0 Å². The fraction of sp³-hybridized carbons (Fsp3) is 0.174. The van der Waals surface area contributed by atoms with Crippen LogP contribution in [0.1, 0.15) is 34.3 Å². The summed E-state index contributed by atoms with van der Waals surface area (Å²) in [5.41, 5.74) is 6.08. The zero-order valence-corrected chi connectivity index (χ0v) is 16.5. The van der Waals surface area contributed by atoms with E-state index in [2.05, 4.69) is 22.2 Å². The summed E-state index contributed by atoms with van der Waals surface area (Å²) in [4.78, 5) is 12.8. The minimum Gasteiger partial charge on any atom is -0.322 e. The largest absolute Gasteiger partial charge is 0.322 e. The van der Waals surface area contributed by atoms with Gasteiger partial charge in [-0.1, -0.05) is 30.3 Å². The minimum absolute atomic E-state index is 0.0499. The highest BCUT2D eigenvalue weighted by atomic mass is 32.2. The van der Waals surface area contributed by atoms with E-state index >= 15 is 0 Å². The number of amides is 1. The summed E-state index contributed by atoms with van der Waals surface area (Å²) in [7, 11) is -3.51. The molecule has 3 aromatic rings. The summed E-state index contributed by atoms with van der Waals surface area (Å²) in [5, 5.41) is 2.91. The first-order valence-corrected chi connectivity index (χ1v) is 11.1. The molecule has 1 saturated carbocycles. The van der Waals surface area contributed by atoms with Crippen molar-refractivity contribution < 1.29 is 13.2 Å². The topological polar surface area (TPSA) is 75.3 Å². The number of anilines is 1. The van der Waals surface area contributed by atoms with Crippen LogP contribution in [0.2, 0.25) is 0 Å². The highest BCUT2D eigenvalue weighted by Gasteiger charge is 2.28. The molecule has 1 fully saturated rings. The third-order valence-electron chi connectivity index (χ3n) is 5.38. The van der Waals surface area contributed by atoms with Gasteiger partial charge in [-0.3, -0.25) is 4.79 Å². The molecule has 2 aliphatic rings. The molecular weight excluding hydrogens is 384 g/mol. The van der Waals surface area contributed by atoms with Crippen LogP contribution >= 0.6 is 0 Å². The van der Waals surface area contributed by atoms with Crippen LogP contribution < -0.4 is 10.0 Å². The van der Waals surface area contributed by atoms with Crippen LogP contribution in [0.4, 0.5) is 5.69 Å². The van der Waals surface area contributed by atoms with Crippen LogP contribution in [-0.4, -0.2) is 20.4 Å². The smallest absolute Gasteiger partial charge is 0.255 e. The Labute approximate surface area is 169 Å². The molecule has 5 nitrogen and oxygen atoms in total. The number of sulfonamides is 1. The van der Waals surface area contributed by atoms with E-state index in [9.17, 15) is 13.2 Å². The predicted octanol–water partition coefficient (Wildman–Crippen LogP) is 3.95. The molecule has 0 atom stereocenters. The van der Waals surface area contributed by atoms with Crippen LogP contribution in [0.25, 0.3) is 11.1 Å². The van der Waals surface area contributed by atoms with Gasteiger partial charge in [-0.05, 0) is 77.9 Å². The molecule has 2 aliphatic carbocycles. The first-order chi connectivity index (χ1) is 14.0. The molecule has 0 aliphatic heterocycles. The van der Waals surface area contributed by atoms with Gasteiger partial charge in [0.05, 0.1) is 4.90 Å². The first kappa shape index (κ1) is 18.1. The van der Waals surface area contributed by atoms with E-state index in [1.807, 2.05) is 30.3 Å². The molecule has 6 heteroatoms. The maximum absolute atomic E-state index is 12.6. The molecule has 0 unspecified atom stereocenters. The Kier molecular flexibility index (Phi) is 4.26. The molecule has 1 amide bonds. The number of carbonyl (C=O) groups excluding carboxylic acids is 1. The van der Waals surface area contributed by atoms with E-state index in [4.69, 9.17) is 0 Å². The fourth-order valence-corrected chi connectivity index (χ4v) is 5.01. The Balaban J connectivity index is 1.31. The van der Waals surface area contributed by atoms with Crippen molar-refractivity contribution in [3.63, 3.8) is 0 Å². The standard InChI is InChI=1S/C23H20N2O3S/c26-23(15-5-10-20(11-6-15)29(27,28)25-18-7-8-18)24-19-9-12-22-17(14-19)13-16-3-1-2-4-21(16)22/h1-6,9-12,14,18,25H,7-8,13H2,(H,24,26). The second kappa shape index (κ2) is 6.83. The number of carbonyl (C=O) groups is 1. The molecule has 0 radical (unpaired) electrons. The van der Waals surface area contributed by atoms with Gasteiger partial charge < -0.3 is 5.32 Å². The molecule has 5 rings (SSSR count). The van der Waals surface area contributed by atoms with E-state index < -0.39 is 10.0 Å². The van der Waals surface area contributed by atoms with Gasteiger partial charge in [0.25, 0.3) is 5.91 Å². The van der Waals surface area contributed by atoms with Crippen molar-refractivity contribution in [3.8, 4) is 11.1 Å². The van der Waals surface area contributed by atoms with E-state index in [-0.39, 0.29) is 16.8 Å². The van der Waals surface area contributed by atoms with Crippen molar-refractivity contribution in [2.45, 2.75) is 30.2 Å². The van der Waals surface area contributed by atoms with Gasteiger partial charge in [-0.25, -0.2) is 13.1 Å². The second-order valence-corrected chi connectivity index (χ2v) is 9.29. The molecule has 0 aromatic heterocycles. The quantitative estimate of drug-likeness (QED) is 0.529. The lowest BCUT2D eigenvalue weighted by atomic mass is 10.1. The molecule has 0 spiro atoms. The summed E-state index contributed by atoms with van der Waals surface area (Å²) < 4.78 is 27.1. The van der Waals surface area contributed by atoms with Crippen molar-refractivity contribution in [1.82, 2.24) is 4.72 Å². The Morgan fingerprint density at radius 1 is 0.862 bits per heavy atom. The predicted molar refractivity (Wildman–Crippen MR) is 112 cm³/mol. The maximum Gasteiger partial charge on any atom is 0.255 e. The molecule has 0 heterocycles. The first-order valence-electron chi connectivity index (χ1n) is 9.64. The van der Waals surface area contributed by atoms with Gasteiger partial charge >= 0.3 is 0 Å². The van der Waals surface area contributed by atoms with Crippen molar-refractivity contribution in [2.75, 3.05) is 5.32 Å². The molecule has 29 heavy (non-hydrogen) atoms. The Hall–Kier alpha value is -2.96. The number of benzene rings is 3. The van der Waals surface area contributed by atoms with Crippen molar-refractivity contribution in [3.05, 3.63) is 83.4 Å². The van der Waals surface area contributed by atoms with Gasteiger partial charge in [-0.15, -0.1) is 0 Å². The lowest BCUT2D eigenvalue weighted by molar-refractivity contribution is 0.102. The van der Waals surface area contributed by atoms with Crippen LogP contribution in [0.15, 0.2) is 71.6 Å². The minimum atomic E-state index is -3.51. The molecule has 0 bridgehead atoms. The van der Waals surface area contributed by atoms with Crippen molar-refractivity contribution >= 4 is 21.6 Å². The van der Waals surface area contributed by atoms with Gasteiger partial charge in [0.1, 0.15) is 0 Å². The highest BCUT2D eigenvalue weighted by Crippen LogP contribution is 2.37. The zero-order chi connectivity index (χ0) is 20.0. The molecule has 3 aromatic carbocycles. The maximum atomic E-state index is 12.6. The summed E-state index contributed by atoms with van der Waals surface area (Å²) in [6, 6.07) is 20.3. The Morgan fingerprint density at radius 3 is 2.34 bits per heavy atom. The molecular formula is C23H20N2O3S. The Bertz CT molecular complexity index is 1210. The summed E-state index contributed by atoms with van der Waals surface area (Å²) in [5.74, 6) is -0.264.